The van der Waals surface area contributed by atoms with E-state index in [4.69, 9.17) is 39.5 Å². The summed E-state index contributed by atoms with van der Waals surface area (Å²) in [7, 11) is 0. The highest BCUT2D eigenvalue weighted by Crippen LogP contribution is 2.34. The van der Waals surface area contributed by atoms with Crippen LogP contribution >= 0.6 is 34.8 Å². The lowest BCUT2D eigenvalue weighted by molar-refractivity contribution is 0.102. The summed E-state index contributed by atoms with van der Waals surface area (Å²) in [5.74, 6) is 0.385. The van der Waals surface area contributed by atoms with Gasteiger partial charge in [-0.2, -0.15) is 0 Å². The number of carbonyl (C=O) groups excluding carboxylic acids is 1. The molecule has 0 unspecified atom stereocenters. The molecule has 0 saturated heterocycles. The summed E-state index contributed by atoms with van der Waals surface area (Å²) < 4.78 is 5.53. The first-order chi connectivity index (χ1) is 10.4. The van der Waals surface area contributed by atoms with Crippen molar-refractivity contribution in [3.05, 3.63) is 57.0 Å². The topological polar surface area (TPSA) is 38.3 Å². The van der Waals surface area contributed by atoms with Gasteiger partial charge in [0.2, 0.25) is 0 Å². The van der Waals surface area contributed by atoms with Crippen molar-refractivity contribution in [2.24, 2.45) is 0 Å². The smallest absolute Gasteiger partial charge is 0.255 e. The predicted molar refractivity (Wildman–Crippen MR) is 91.6 cm³/mol. The minimum atomic E-state index is -0.317. The molecule has 0 saturated carbocycles. The first-order valence-corrected chi connectivity index (χ1v) is 7.73. The van der Waals surface area contributed by atoms with E-state index in [1.54, 1.807) is 24.3 Å². The van der Waals surface area contributed by atoms with Crippen molar-refractivity contribution in [3.63, 3.8) is 0 Å². The van der Waals surface area contributed by atoms with E-state index in [0.717, 1.165) is 0 Å². The molecule has 1 N–H and O–H groups in total. The quantitative estimate of drug-likeness (QED) is 0.763. The second-order valence-corrected chi connectivity index (χ2v) is 6.14. The van der Waals surface area contributed by atoms with E-state index < -0.39 is 0 Å². The van der Waals surface area contributed by atoms with Crippen LogP contribution in [0.3, 0.4) is 0 Å². The molecule has 0 aliphatic heterocycles. The van der Waals surface area contributed by atoms with Gasteiger partial charge < -0.3 is 10.1 Å². The number of benzene rings is 2. The average molecular weight is 359 g/mol. The van der Waals surface area contributed by atoms with E-state index in [9.17, 15) is 4.79 Å². The van der Waals surface area contributed by atoms with E-state index >= 15 is 0 Å². The summed E-state index contributed by atoms with van der Waals surface area (Å²) in [4.78, 5) is 12.2. The maximum atomic E-state index is 12.2. The van der Waals surface area contributed by atoms with Gasteiger partial charge in [0.05, 0.1) is 21.8 Å². The molecule has 1 amide bonds. The summed E-state index contributed by atoms with van der Waals surface area (Å²) in [5.41, 5.74) is 0.804. The van der Waals surface area contributed by atoms with Crippen LogP contribution in [0.5, 0.6) is 5.75 Å². The Morgan fingerprint density at radius 3 is 2.09 bits per heavy atom. The lowest BCUT2D eigenvalue weighted by atomic mass is 10.2. The maximum absolute atomic E-state index is 12.2. The molecular formula is C16H14Cl3NO2. The van der Waals surface area contributed by atoms with Crippen LogP contribution in [-0.2, 0) is 0 Å². The Morgan fingerprint density at radius 2 is 1.59 bits per heavy atom. The predicted octanol–water partition coefficient (Wildman–Crippen LogP) is 5.69. The Labute approximate surface area is 144 Å². The van der Waals surface area contributed by atoms with Crippen LogP contribution in [0.2, 0.25) is 15.1 Å². The van der Waals surface area contributed by atoms with Crippen LogP contribution in [0.1, 0.15) is 24.2 Å². The highest BCUT2D eigenvalue weighted by atomic mass is 35.5. The van der Waals surface area contributed by atoms with Crippen molar-refractivity contribution >= 4 is 46.4 Å². The van der Waals surface area contributed by atoms with E-state index in [1.807, 2.05) is 13.8 Å². The number of rotatable bonds is 4. The molecule has 6 heteroatoms. The Kier molecular flexibility index (Phi) is 5.57. The minimum absolute atomic E-state index is 0.0753. The third-order valence-electron chi connectivity index (χ3n) is 2.73. The number of nitrogens with one attached hydrogen (secondary N) is 1. The van der Waals surface area contributed by atoms with Gasteiger partial charge in [0, 0.05) is 10.6 Å². The summed E-state index contributed by atoms with van der Waals surface area (Å²) in [6.45, 7) is 3.87. The van der Waals surface area contributed by atoms with E-state index in [1.165, 1.54) is 12.1 Å². The monoisotopic (exact) mass is 357 g/mol. The van der Waals surface area contributed by atoms with Crippen molar-refractivity contribution in [2.45, 2.75) is 20.0 Å². The van der Waals surface area contributed by atoms with Crippen molar-refractivity contribution in [2.75, 3.05) is 5.32 Å². The highest BCUT2D eigenvalue weighted by molar-refractivity contribution is 6.42. The summed E-state index contributed by atoms with van der Waals surface area (Å²) in [5, 5.41) is 3.65. The third kappa shape index (κ3) is 4.29. The molecule has 0 bridgehead atoms. The zero-order chi connectivity index (χ0) is 16.3. The zero-order valence-electron chi connectivity index (χ0n) is 12.0. The van der Waals surface area contributed by atoms with Crippen LogP contribution in [0.4, 0.5) is 5.69 Å². The molecule has 0 aliphatic carbocycles. The summed E-state index contributed by atoms with van der Waals surface area (Å²) >= 11 is 17.9. The van der Waals surface area contributed by atoms with Gasteiger partial charge in [-0.1, -0.05) is 34.8 Å². The van der Waals surface area contributed by atoms with Crippen molar-refractivity contribution in [1.82, 2.24) is 0 Å². The van der Waals surface area contributed by atoms with E-state index in [-0.39, 0.29) is 22.1 Å². The number of hydrogen-bond donors (Lipinski definition) is 1. The van der Waals surface area contributed by atoms with Crippen molar-refractivity contribution in [3.8, 4) is 5.75 Å². The van der Waals surface area contributed by atoms with Crippen LogP contribution in [0.15, 0.2) is 36.4 Å². The molecule has 0 aromatic heterocycles. The van der Waals surface area contributed by atoms with Gasteiger partial charge in [-0.3, -0.25) is 4.79 Å². The van der Waals surface area contributed by atoms with Gasteiger partial charge in [-0.25, -0.2) is 0 Å². The molecule has 0 spiro atoms. The molecule has 2 aromatic rings. The lowest BCUT2D eigenvalue weighted by Gasteiger charge is -2.11. The standard InChI is InChI=1S/C16H14Cl3NO2/c1-9(2)22-12-5-3-10(4-6-12)16(21)20-15-13(18)7-11(17)8-14(15)19/h3-9H,1-2H3,(H,20,21). The number of hydrogen-bond acceptors (Lipinski definition) is 2. The lowest BCUT2D eigenvalue weighted by Crippen LogP contribution is -2.13. The Balaban J connectivity index is 2.16. The molecule has 116 valence electrons. The number of amides is 1. The fourth-order valence-corrected chi connectivity index (χ4v) is 2.72. The van der Waals surface area contributed by atoms with Gasteiger partial charge in [0.15, 0.2) is 0 Å². The minimum Gasteiger partial charge on any atom is -0.491 e. The summed E-state index contributed by atoms with van der Waals surface area (Å²) in [6.07, 6.45) is 0.0753. The van der Waals surface area contributed by atoms with Crippen LogP contribution in [0.25, 0.3) is 0 Å². The van der Waals surface area contributed by atoms with Crippen LogP contribution < -0.4 is 10.1 Å². The van der Waals surface area contributed by atoms with E-state index in [0.29, 0.717) is 22.0 Å². The number of carbonyl (C=O) groups is 1. The Morgan fingerprint density at radius 1 is 1.05 bits per heavy atom. The first-order valence-electron chi connectivity index (χ1n) is 6.59. The second-order valence-electron chi connectivity index (χ2n) is 4.89. The van der Waals surface area contributed by atoms with Gasteiger partial charge in [0.1, 0.15) is 5.75 Å². The molecule has 0 heterocycles. The third-order valence-corrected chi connectivity index (χ3v) is 3.55. The molecule has 0 fully saturated rings. The molecule has 22 heavy (non-hydrogen) atoms. The summed E-state index contributed by atoms with van der Waals surface area (Å²) in [6, 6.07) is 9.85. The van der Waals surface area contributed by atoms with Crippen molar-refractivity contribution in [1.29, 1.82) is 0 Å². The van der Waals surface area contributed by atoms with Crippen molar-refractivity contribution < 1.29 is 9.53 Å². The molecule has 0 aliphatic rings. The van der Waals surface area contributed by atoms with E-state index in [2.05, 4.69) is 5.32 Å². The Hall–Kier alpha value is -1.42. The normalized spacial score (nSPS) is 10.6. The largest absolute Gasteiger partial charge is 0.491 e. The van der Waals surface area contributed by atoms with Gasteiger partial charge >= 0.3 is 0 Å². The molecule has 0 atom stereocenters. The van der Waals surface area contributed by atoms with Crippen LogP contribution in [-0.4, -0.2) is 12.0 Å². The average Bonchev–Trinajstić information content (AvgIpc) is 2.42. The van der Waals surface area contributed by atoms with Gasteiger partial charge in [-0.15, -0.1) is 0 Å². The molecule has 2 aromatic carbocycles. The van der Waals surface area contributed by atoms with Crippen LogP contribution in [0, 0.1) is 0 Å². The molecule has 2 rings (SSSR count). The fourth-order valence-electron chi connectivity index (χ4n) is 1.80. The number of ether oxygens (including phenoxy) is 1. The van der Waals surface area contributed by atoms with Gasteiger partial charge in [0.25, 0.3) is 5.91 Å². The zero-order valence-corrected chi connectivity index (χ0v) is 14.3. The maximum Gasteiger partial charge on any atom is 0.255 e. The van der Waals surface area contributed by atoms with Gasteiger partial charge in [-0.05, 0) is 50.2 Å². The SMILES string of the molecule is CC(C)Oc1ccc(C(=O)Nc2c(Cl)cc(Cl)cc2Cl)cc1. The first kappa shape index (κ1) is 16.9. The molecule has 0 radical (unpaired) electrons. The number of anilines is 1. The fraction of sp³-hybridized carbons (Fsp3) is 0.188. The molecule has 3 nitrogen and oxygen atoms in total. The molecular weight excluding hydrogens is 345 g/mol. The Bertz CT molecular complexity index is 661. The second kappa shape index (κ2) is 7.23. The highest BCUT2D eigenvalue weighted by Gasteiger charge is 2.13. The number of halogens is 3.